The van der Waals surface area contributed by atoms with Crippen molar-refractivity contribution in [1.82, 2.24) is 4.98 Å². The molecule has 6 heteroatoms. The van der Waals surface area contributed by atoms with Gasteiger partial charge >= 0.3 is 11.9 Å². The van der Waals surface area contributed by atoms with Crippen LogP contribution in [-0.4, -0.2) is 27.9 Å². The second-order valence-corrected chi connectivity index (χ2v) is 4.00. The number of aromatic amines is 1. The van der Waals surface area contributed by atoms with Crippen LogP contribution in [0.1, 0.15) is 21.6 Å². The first-order valence-corrected chi connectivity index (χ1v) is 5.59. The molecule has 0 aliphatic heterocycles. The van der Waals surface area contributed by atoms with Crippen molar-refractivity contribution in [2.45, 2.75) is 13.3 Å². The Morgan fingerprint density at radius 1 is 1.10 bits per heavy atom. The van der Waals surface area contributed by atoms with Crippen LogP contribution in [0.15, 0.2) is 42.6 Å². The van der Waals surface area contributed by atoms with Crippen molar-refractivity contribution in [2.75, 3.05) is 0 Å². The Bertz CT molecular complexity index is 545. The largest absolute Gasteiger partial charge is 0.412 e. The summed E-state index contributed by atoms with van der Waals surface area (Å²) in [5.41, 5.74) is 2.14. The van der Waals surface area contributed by atoms with E-state index >= 15 is 0 Å². The second kappa shape index (κ2) is 7.88. The van der Waals surface area contributed by atoms with E-state index in [1.54, 1.807) is 42.6 Å². The van der Waals surface area contributed by atoms with Crippen molar-refractivity contribution >= 4 is 11.9 Å². The Kier molecular flexibility index (Phi) is 6.92. The van der Waals surface area contributed by atoms with Crippen LogP contribution < -0.4 is 0 Å². The number of aromatic nitrogens is 1. The number of benzene rings is 1. The van der Waals surface area contributed by atoms with Gasteiger partial charge in [0, 0.05) is 11.9 Å². The highest BCUT2D eigenvalue weighted by Gasteiger charge is 2.13. The minimum atomic E-state index is -0.619. The summed E-state index contributed by atoms with van der Waals surface area (Å²) < 4.78 is 4.75. The molecular formula is C14H17NO5. The SMILES string of the molecule is Cc1ccc(C(=O)OC(=O)Cc2ccc[nH]2)cc1.O.O. The molecule has 0 aliphatic rings. The molecule has 1 heterocycles. The second-order valence-electron chi connectivity index (χ2n) is 4.00. The average molecular weight is 279 g/mol. The number of hydrogen-bond acceptors (Lipinski definition) is 3. The predicted molar refractivity (Wildman–Crippen MR) is 73.3 cm³/mol. The lowest BCUT2D eigenvalue weighted by atomic mass is 10.1. The molecule has 2 rings (SSSR count). The van der Waals surface area contributed by atoms with Crippen molar-refractivity contribution in [3.63, 3.8) is 0 Å². The molecule has 0 unspecified atom stereocenters. The summed E-state index contributed by atoms with van der Waals surface area (Å²) in [6.07, 6.45) is 1.77. The quantitative estimate of drug-likeness (QED) is 0.653. The molecular weight excluding hydrogens is 262 g/mol. The molecule has 2 aromatic rings. The zero-order valence-corrected chi connectivity index (χ0v) is 11.0. The Morgan fingerprint density at radius 2 is 1.75 bits per heavy atom. The Labute approximate surface area is 116 Å². The fraction of sp³-hybridized carbons (Fsp3) is 0.143. The third kappa shape index (κ3) is 4.68. The van der Waals surface area contributed by atoms with E-state index in [0.29, 0.717) is 5.56 Å². The van der Waals surface area contributed by atoms with Crippen LogP contribution in [0.25, 0.3) is 0 Å². The maximum atomic E-state index is 11.6. The smallest absolute Gasteiger partial charge is 0.345 e. The number of aryl methyl sites for hydroxylation is 1. The number of carbonyl (C=O) groups excluding carboxylic acids is 2. The van der Waals surface area contributed by atoms with Gasteiger partial charge in [-0.3, -0.25) is 4.79 Å². The van der Waals surface area contributed by atoms with E-state index in [0.717, 1.165) is 11.3 Å². The molecule has 0 spiro atoms. The third-order valence-corrected chi connectivity index (χ3v) is 2.49. The van der Waals surface area contributed by atoms with Gasteiger partial charge in [0.25, 0.3) is 0 Å². The van der Waals surface area contributed by atoms with E-state index in [-0.39, 0.29) is 17.4 Å². The number of rotatable bonds is 3. The average Bonchev–Trinajstić information content (AvgIpc) is 2.82. The van der Waals surface area contributed by atoms with Gasteiger partial charge in [-0.1, -0.05) is 17.7 Å². The predicted octanol–water partition coefficient (Wildman–Crippen LogP) is 0.600. The molecule has 20 heavy (non-hydrogen) atoms. The molecule has 0 saturated carbocycles. The number of esters is 2. The van der Waals surface area contributed by atoms with Crippen LogP contribution in [-0.2, 0) is 16.0 Å². The van der Waals surface area contributed by atoms with Crippen molar-refractivity contribution in [3.8, 4) is 0 Å². The summed E-state index contributed by atoms with van der Waals surface area (Å²) in [5, 5.41) is 0. The van der Waals surface area contributed by atoms with Crippen molar-refractivity contribution in [3.05, 3.63) is 59.4 Å². The van der Waals surface area contributed by atoms with Crippen molar-refractivity contribution in [2.24, 2.45) is 0 Å². The summed E-state index contributed by atoms with van der Waals surface area (Å²) in [6.45, 7) is 1.92. The van der Waals surface area contributed by atoms with E-state index in [2.05, 4.69) is 4.98 Å². The van der Waals surface area contributed by atoms with Gasteiger partial charge in [-0.05, 0) is 31.2 Å². The fourth-order valence-electron chi connectivity index (χ4n) is 1.52. The lowest BCUT2D eigenvalue weighted by molar-refractivity contribution is -0.137. The van der Waals surface area contributed by atoms with Gasteiger partial charge in [-0.2, -0.15) is 0 Å². The van der Waals surface area contributed by atoms with Crippen LogP contribution in [0.2, 0.25) is 0 Å². The van der Waals surface area contributed by atoms with Gasteiger partial charge in [0.05, 0.1) is 12.0 Å². The summed E-state index contributed by atoms with van der Waals surface area (Å²) in [6, 6.07) is 10.4. The van der Waals surface area contributed by atoms with E-state index in [9.17, 15) is 9.59 Å². The molecule has 0 saturated heterocycles. The van der Waals surface area contributed by atoms with Crippen LogP contribution in [0.3, 0.4) is 0 Å². The van der Waals surface area contributed by atoms with E-state index in [1.165, 1.54) is 0 Å². The van der Waals surface area contributed by atoms with Crippen LogP contribution in [0, 0.1) is 6.92 Å². The standard InChI is InChI=1S/C14H13NO3.2H2O/c1-10-4-6-11(7-5-10)14(17)18-13(16)9-12-3-2-8-15-12;;/h2-8,15H,9H2,1H3;2*1H2. The highest BCUT2D eigenvalue weighted by Crippen LogP contribution is 2.06. The summed E-state index contributed by atoms with van der Waals surface area (Å²) in [7, 11) is 0. The number of ether oxygens (including phenoxy) is 1. The number of nitrogens with one attached hydrogen (secondary N) is 1. The Morgan fingerprint density at radius 3 is 2.30 bits per heavy atom. The molecule has 108 valence electrons. The summed E-state index contributed by atoms with van der Waals surface area (Å²) in [5.74, 6) is -1.19. The van der Waals surface area contributed by atoms with Gasteiger partial charge in [0.15, 0.2) is 0 Å². The monoisotopic (exact) mass is 279 g/mol. The summed E-state index contributed by atoms with van der Waals surface area (Å²) >= 11 is 0. The van der Waals surface area contributed by atoms with Gasteiger partial charge in [0.2, 0.25) is 0 Å². The van der Waals surface area contributed by atoms with Crippen molar-refractivity contribution < 1.29 is 25.3 Å². The Hall–Kier alpha value is -2.44. The maximum Gasteiger partial charge on any atom is 0.345 e. The molecule has 1 aromatic carbocycles. The molecule has 1 aromatic heterocycles. The van der Waals surface area contributed by atoms with E-state index < -0.39 is 11.9 Å². The number of H-pyrrole nitrogens is 1. The van der Waals surface area contributed by atoms with E-state index in [4.69, 9.17) is 4.74 Å². The molecule has 0 amide bonds. The van der Waals surface area contributed by atoms with Gasteiger partial charge in [0.1, 0.15) is 0 Å². The zero-order valence-electron chi connectivity index (χ0n) is 11.0. The lowest BCUT2D eigenvalue weighted by Gasteiger charge is -2.02. The van der Waals surface area contributed by atoms with Crippen LogP contribution >= 0.6 is 0 Å². The molecule has 0 aliphatic carbocycles. The number of carbonyl (C=O) groups is 2. The fourth-order valence-corrected chi connectivity index (χ4v) is 1.52. The number of hydrogen-bond donors (Lipinski definition) is 1. The molecule has 0 atom stereocenters. The first-order valence-electron chi connectivity index (χ1n) is 5.59. The topological polar surface area (TPSA) is 122 Å². The highest BCUT2D eigenvalue weighted by atomic mass is 16.6. The van der Waals surface area contributed by atoms with Crippen LogP contribution in [0.4, 0.5) is 0 Å². The van der Waals surface area contributed by atoms with Gasteiger partial charge < -0.3 is 20.7 Å². The Balaban J connectivity index is 0.00000180. The highest BCUT2D eigenvalue weighted by molar-refractivity contribution is 5.97. The maximum absolute atomic E-state index is 11.6. The minimum Gasteiger partial charge on any atom is -0.412 e. The first-order chi connectivity index (χ1) is 8.65. The molecule has 6 nitrogen and oxygen atoms in total. The lowest BCUT2D eigenvalue weighted by Crippen LogP contribution is -2.14. The summed E-state index contributed by atoms with van der Waals surface area (Å²) in [4.78, 5) is 26.0. The van der Waals surface area contributed by atoms with Crippen LogP contribution in [0.5, 0.6) is 0 Å². The van der Waals surface area contributed by atoms with Crippen molar-refractivity contribution in [1.29, 1.82) is 0 Å². The van der Waals surface area contributed by atoms with Gasteiger partial charge in [-0.15, -0.1) is 0 Å². The zero-order chi connectivity index (χ0) is 13.0. The molecule has 5 N–H and O–H groups in total. The first kappa shape index (κ1) is 17.6. The molecule has 0 bridgehead atoms. The minimum absolute atomic E-state index is 0. The molecule has 0 radical (unpaired) electrons. The molecule has 0 fully saturated rings. The third-order valence-electron chi connectivity index (χ3n) is 2.49. The normalized spacial score (nSPS) is 9.05. The van der Waals surface area contributed by atoms with E-state index in [1.807, 2.05) is 6.92 Å². The van der Waals surface area contributed by atoms with Gasteiger partial charge in [-0.25, -0.2) is 4.79 Å².